The van der Waals surface area contributed by atoms with Crippen molar-refractivity contribution in [3.63, 3.8) is 0 Å². The maximum atomic E-state index is 10.7. The highest BCUT2D eigenvalue weighted by Crippen LogP contribution is 2.23. The van der Waals surface area contributed by atoms with E-state index in [4.69, 9.17) is 9.17 Å². The van der Waals surface area contributed by atoms with Gasteiger partial charge in [0.15, 0.2) is 0 Å². The molecule has 146 valence electrons. The first-order valence-corrected chi connectivity index (χ1v) is 10.9. The predicted octanol–water partition coefficient (Wildman–Crippen LogP) is 5.30. The molecule has 2 rings (SSSR count). The Morgan fingerprint density at radius 2 is 1.69 bits per heavy atom. The van der Waals surface area contributed by atoms with E-state index in [1.165, 1.54) is 51.4 Å². The van der Waals surface area contributed by atoms with Gasteiger partial charge >= 0.3 is 0 Å². The smallest absolute Gasteiger partial charge is 0.141 e. The maximum absolute atomic E-state index is 10.7. The zero-order valence-electron chi connectivity index (χ0n) is 16.0. The normalized spacial score (nSPS) is 12.6. The van der Waals surface area contributed by atoms with Gasteiger partial charge in [-0.25, -0.2) is 9.19 Å². The molecule has 2 aromatic rings. The van der Waals surface area contributed by atoms with Crippen molar-refractivity contribution in [2.24, 2.45) is 0 Å². The molecule has 5 nitrogen and oxygen atoms in total. The zero-order valence-corrected chi connectivity index (χ0v) is 16.9. The molecule has 0 saturated carbocycles. The Balaban J connectivity index is 1.83. The van der Waals surface area contributed by atoms with Crippen LogP contribution in [0.3, 0.4) is 0 Å². The molecule has 0 radical (unpaired) electrons. The molecule has 1 aromatic heterocycles. The molecule has 26 heavy (non-hydrogen) atoms. The van der Waals surface area contributed by atoms with Crippen molar-refractivity contribution >= 4 is 22.4 Å². The SMILES string of the molecule is CCCCCCCCCCCc1nc2cc(OS(=O)[O-])ccc2n1CC. The molecule has 0 aliphatic carbocycles. The van der Waals surface area contributed by atoms with Crippen LogP contribution in [0.2, 0.25) is 0 Å². The molecule has 0 aliphatic heterocycles. The van der Waals surface area contributed by atoms with E-state index in [9.17, 15) is 8.76 Å². The van der Waals surface area contributed by atoms with E-state index < -0.39 is 11.4 Å². The molecular weight excluding hydrogens is 348 g/mol. The summed E-state index contributed by atoms with van der Waals surface area (Å²) in [6, 6.07) is 5.25. The third-order valence-electron chi connectivity index (χ3n) is 4.78. The highest BCUT2D eigenvalue weighted by Gasteiger charge is 2.10. The molecule has 0 saturated heterocycles. The molecule has 0 spiro atoms. The fraction of sp³-hybridized carbons (Fsp3) is 0.650. The van der Waals surface area contributed by atoms with Crippen molar-refractivity contribution in [1.29, 1.82) is 0 Å². The van der Waals surface area contributed by atoms with Crippen LogP contribution in [0.4, 0.5) is 0 Å². The van der Waals surface area contributed by atoms with Gasteiger partial charge in [-0.15, -0.1) is 0 Å². The fourth-order valence-electron chi connectivity index (χ4n) is 3.43. The number of imidazole rings is 1. The number of aryl methyl sites for hydroxylation is 2. The summed E-state index contributed by atoms with van der Waals surface area (Å²) in [5.74, 6) is 1.38. The Morgan fingerprint density at radius 1 is 1.04 bits per heavy atom. The maximum Gasteiger partial charge on any atom is 0.141 e. The van der Waals surface area contributed by atoms with Gasteiger partial charge in [0.25, 0.3) is 0 Å². The highest BCUT2D eigenvalue weighted by molar-refractivity contribution is 7.74. The summed E-state index contributed by atoms with van der Waals surface area (Å²) in [4.78, 5) is 4.70. The fourth-order valence-corrected chi connectivity index (χ4v) is 3.69. The van der Waals surface area contributed by atoms with E-state index in [0.29, 0.717) is 5.75 Å². The Hall–Kier alpha value is -1.40. The minimum absolute atomic E-state index is 0.307. The van der Waals surface area contributed by atoms with Gasteiger partial charge in [-0.2, -0.15) is 0 Å². The molecular formula is C20H31N2O3S-. The van der Waals surface area contributed by atoms with Crippen molar-refractivity contribution in [1.82, 2.24) is 9.55 Å². The van der Waals surface area contributed by atoms with Crippen LogP contribution >= 0.6 is 0 Å². The minimum Gasteiger partial charge on any atom is -0.740 e. The van der Waals surface area contributed by atoms with E-state index in [1.54, 1.807) is 12.1 Å². The van der Waals surface area contributed by atoms with Crippen molar-refractivity contribution in [3.05, 3.63) is 24.0 Å². The van der Waals surface area contributed by atoms with Gasteiger partial charge in [0.05, 0.1) is 11.0 Å². The average Bonchev–Trinajstić information content (AvgIpc) is 2.96. The largest absolute Gasteiger partial charge is 0.740 e. The number of benzene rings is 1. The van der Waals surface area contributed by atoms with E-state index >= 15 is 0 Å². The zero-order chi connectivity index (χ0) is 18.8. The van der Waals surface area contributed by atoms with Crippen LogP contribution < -0.4 is 4.18 Å². The molecule has 0 aliphatic rings. The third kappa shape index (κ3) is 6.40. The van der Waals surface area contributed by atoms with Gasteiger partial charge in [-0.3, -0.25) is 0 Å². The van der Waals surface area contributed by atoms with Crippen molar-refractivity contribution < 1.29 is 12.9 Å². The molecule has 1 heterocycles. The Bertz CT molecular complexity index is 700. The van der Waals surface area contributed by atoms with Crippen molar-refractivity contribution in [2.75, 3.05) is 0 Å². The summed E-state index contributed by atoms with van der Waals surface area (Å²) >= 11 is -2.56. The molecule has 0 fully saturated rings. The third-order valence-corrected chi connectivity index (χ3v) is 5.11. The molecule has 0 amide bonds. The second-order valence-corrected chi connectivity index (χ2v) is 7.36. The van der Waals surface area contributed by atoms with Crippen LogP contribution in [0.1, 0.15) is 77.5 Å². The number of hydrogen-bond donors (Lipinski definition) is 0. The minimum atomic E-state index is -2.56. The average molecular weight is 380 g/mol. The predicted molar refractivity (Wildman–Crippen MR) is 106 cm³/mol. The topological polar surface area (TPSA) is 67.2 Å². The summed E-state index contributed by atoms with van der Waals surface area (Å²) in [7, 11) is 0. The highest BCUT2D eigenvalue weighted by atomic mass is 32.2. The number of unbranched alkanes of at least 4 members (excludes halogenated alkanes) is 8. The molecule has 6 heteroatoms. The quantitative estimate of drug-likeness (QED) is 0.350. The summed E-state index contributed by atoms with van der Waals surface area (Å²) in [6.07, 6.45) is 12.8. The van der Waals surface area contributed by atoms with Crippen LogP contribution in [-0.2, 0) is 24.3 Å². The monoisotopic (exact) mass is 379 g/mol. The Morgan fingerprint density at radius 3 is 2.31 bits per heavy atom. The lowest BCUT2D eigenvalue weighted by Crippen LogP contribution is -2.02. The molecule has 0 N–H and O–H groups in total. The second kappa shape index (κ2) is 11.3. The molecule has 0 bridgehead atoms. The van der Waals surface area contributed by atoms with Crippen molar-refractivity contribution in [2.45, 2.75) is 84.6 Å². The number of nitrogens with zero attached hydrogens (tertiary/aromatic N) is 2. The number of rotatable bonds is 13. The first-order chi connectivity index (χ1) is 12.7. The van der Waals surface area contributed by atoms with E-state index in [-0.39, 0.29) is 0 Å². The van der Waals surface area contributed by atoms with Crippen LogP contribution in [0.25, 0.3) is 11.0 Å². The number of fused-ring (bicyclic) bond motifs is 1. The molecule has 1 atom stereocenters. The lowest BCUT2D eigenvalue weighted by molar-refractivity contribution is 0.440. The summed E-state index contributed by atoms with van der Waals surface area (Å²) in [5, 5.41) is 0. The van der Waals surface area contributed by atoms with Gasteiger partial charge in [0.1, 0.15) is 22.9 Å². The van der Waals surface area contributed by atoms with Gasteiger partial charge < -0.3 is 13.3 Å². The van der Waals surface area contributed by atoms with Crippen LogP contribution in [-0.4, -0.2) is 18.3 Å². The molecule has 1 aromatic carbocycles. The summed E-state index contributed by atoms with van der Waals surface area (Å²) in [6.45, 7) is 5.22. The lowest BCUT2D eigenvalue weighted by Gasteiger charge is -2.08. The van der Waals surface area contributed by atoms with Crippen molar-refractivity contribution in [3.8, 4) is 5.75 Å². The number of hydrogen-bond acceptors (Lipinski definition) is 4. The van der Waals surface area contributed by atoms with Crippen LogP contribution in [0, 0.1) is 0 Å². The first kappa shape index (κ1) is 20.9. The Kier molecular flexibility index (Phi) is 9.12. The van der Waals surface area contributed by atoms with Gasteiger partial charge in [0, 0.05) is 19.0 Å². The first-order valence-electron chi connectivity index (χ1n) is 9.92. The van der Waals surface area contributed by atoms with Crippen LogP contribution in [0.5, 0.6) is 5.75 Å². The molecule has 1 unspecified atom stereocenters. The summed E-state index contributed by atoms with van der Waals surface area (Å²) < 4.78 is 28.3. The Labute approximate surface area is 159 Å². The van der Waals surface area contributed by atoms with E-state index in [0.717, 1.165) is 36.2 Å². The second-order valence-electron chi connectivity index (χ2n) is 6.79. The van der Waals surface area contributed by atoms with Gasteiger partial charge in [-0.05, 0) is 25.5 Å². The van der Waals surface area contributed by atoms with Crippen LogP contribution in [0.15, 0.2) is 18.2 Å². The van der Waals surface area contributed by atoms with Gasteiger partial charge in [-0.1, -0.05) is 58.3 Å². The van der Waals surface area contributed by atoms with E-state index in [2.05, 4.69) is 18.4 Å². The number of aromatic nitrogens is 2. The standard InChI is InChI=1S/C20H32N2O3S/c1-3-5-6-7-8-9-10-11-12-13-20-21-18-16-17(25-26(23)24)14-15-19(18)22(20)4-2/h14-16H,3-13H2,1-2H3,(H,23,24)/p-1. The van der Waals surface area contributed by atoms with Gasteiger partial charge in [0.2, 0.25) is 0 Å². The lowest BCUT2D eigenvalue weighted by atomic mass is 10.1. The van der Waals surface area contributed by atoms with E-state index in [1.807, 2.05) is 6.07 Å². The summed E-state index contributed by atoms with van der Waals surface area (Å²) in [5.41, 5.74) is 1.82.